The molecule has 0 spiro atoms. The third-order valence-electron chi connectivity index (χ3n) is 3.88. The van der Waals surface area contributed by atoms with Crippen LogP contribution in [0.1, 0.15) is 44.2 Å². The first-order valence-electron chi connectivity index (χ1n) is 7.06. The monoisotopic (exact) mass is 266 g/mol. The summed E-state index contributed by atoms with van der Waals surface area (Å²) < 4.78 is 14.3. The minimum absolute atomic E-state index is 0.00287. The maximum Gasteiger partial charge on any atom is 0.146 e. The van der Waals surface area contributed by atoms with Crippen molar-refractivity contribution in [1.82, 2.24) is 0 Å². The van der Waals surface area contributed by atoms with E-state index in [-0.39, 0.29) is 24.5 Å². The molecule has 2 atom stereocenters. The summed E-state index contributed by atoms with van der Waals surface area (Å²) >= 11 is 0. The van der Waals surface area contributed by atoms with Crippen molar-refractivity contribution in [3.05, 3.63) is 29.6 Å². The van der Waals surface area contributed by atoms with Crippen LogP contribution < -0.4 is 10.6 Å². The van der Waals surface area contributed by atoms with Crippen LogP contribution in [-0.4, -0.2) is 24.3 Å². The number of aliphatic hydroxyl groups excluding tert-OH is 1. The molecule has 0 amide bonds. The smallest absolute Gasteiger partial charge is 0.146 e. The van der Waals surface area contributed by atoms with Gasteiger partial charge in [0.15, 0.2) is 0 Å². The van der Waals surface area contributed by atoms with Gasteiger partial charge in [-0.3, -0.25) is 0 Å². The molecule has 106 valence electrons. The predicted octanol–water partition coefficient (Wildman–Crippen LogP) is 2.59. The lowest BCUT2D eigenvalue weighted by Crippen LogP contribution is -2.39. The van der Waals surface area contributed by atoms with Crippen LogP contribution in [0, 0.1) is 5.82 Å². The quantitative estimate of drug-likeness (QED) is 0.884. The van der Waals surface area contributed by atoms with Crippen molar-refractivity contribution < 1.29 is 9.50 Å². The van der Waals surface area contributed by atoms with Crippen LogP contribution in [0.3, 0.4) is 0 Å². The molecule has 1 heterocycles. The fourth-order valence-corrected chi connectivity index (χ4v) is 2.86. The summed E-state index contributed by atoms with van der Waals surface area (Å²) in [5.74, 6) is -0.241. The number of halogens is 1. The van der Waals surface area contributed by atoms with E-state index in [1.807, 2.05) is 17.9 Å². The van der Waals surface area contributed by atoms with Crippen molar-refractivity contribution in [3.63, 3.8) is 0 Å². The van der Waals surface area contributed by atoms with E-state index in [4.69, 9.17) is 5.73 Å². The topological polar surface area (TPSA) is 49.5 Å². The molecule has 0 radical (unpaired) electrons. The van der Waals surface area contributed by atoms with E-state index in [1.165, 1.54) is 6.07 Å². The second-order valence-corrected chi connectivity index (χ2v) is 5.35. The Morgan fingerprint density at radius 3 is 2.89 bits per heavy atom. The molecular weight excluding hydrogens is 243 g/mol. The lowest BCUT2D eigenvalue weighted by atomic mass is 10.0. The first kappa shape index (κ1) is 14.3. The van der Waals surface area contributed by atoms with Crippen molar-refractivity contribution in [2.45, 2.75) is 44.7 Å². The zero-order chi connectivity index (χ0) is 13.8. The second-order valence-electron chi connectivity index (χ2n) is 5.35. The van der Waals surface area contributed by atoms with Gasteiger partial charge >= 0.3 is 0 Å². The van der Waals surface area contributed by atoms with E-state index in [0.717, 1.165) is 37.8 Å². The number of benzene rings is 1. The van der Waals surface area contributed by atoms with Crippen LogP contribution >= 0.6 is 0 Å². The molecule has 3 N–H and O–H groups in total. The summed E-state index contributed by atoms with van der Waals surface area (Å²) in [5.41, 5.74) is 7.36. The first-order chi connectivity index (χ1) is 9.15. The molecule has 3 nitrogen and oxygen atoms in total. The number of para-hydroxylation sites is 1. The summed E-state index contributed by atoms with van der Waals surface area (Å²) in [7, 11) is 0. The van der Waals surface area contributed by atoms with Gasteiger partial charge in [-0.15, -0.1) is 0 Å². The Hall–Kier alpha value is -1.13. The lowest BCUT2D eigenvalue weighted by Gasteiger charge is -2.33. The van der Waals surface area contributed by atoms with E-state index in [1.54, 1.807) is 6.07 Å². The molecule has 4 heteroatoms. The van der Waals surface area contributed by atoms with Crippen LogP contribution in [0.2, 0.25) is 0 Å². The van der Waals surface area contributed by atoms with Gasteiger partial charge in [-0.1, -0.05) is 25.0 Å². The molecule has 1 aromatic rings. The van der Waals surface area contributed by atoms with Crippen molar-refractivity contribution in [3.8, 4) is 0 Å². The Kier molecular flexibility index (Phi) is 4.77. The molecule has 1 unspecified atom stereocenters. The molecular formula is C15H23FN2O. The molecule has 0 aromatic heterocycles. The number of aliphatic hydroxyl groups is 1. The third-order valence-corrected chi connectivity index (χ3v) is 3.88. The Morgan fingerprint density at radius 1 is 1.42 bits per heavy atom. The largest absolute Gasteiger partial charge is 0.394 e. The van der Waals surface area contributed by atoms with E-state index in [9.17, 15) is 9.50 Å². The van der Waals surface area contributed by atoms with Gasteiger partial charge in [0.25, 0.3) is 0 Å². The Morgan fingerprint density at radius 2 is 2.21 bits per heavy atom. The van der Waals surface area contributed by atoms with Crippen LogP contribution in [0.5, 0.6) is 0 Å². The maximum absolute atomic E-state index is 14.3. The van der Waals surface area contributed by atoms with Gasteiger partial charge in [-0.05, 0) is 31.4 Å². The van der Waals surface area contributed by atoms with Crippen LogP contribution in [0.4, 0.5) is 10.1 Å². The Bertz CT molecular complexity index is 423. The Labute approximate surface area is 114 Å². The van der Waals surface area contributed by atoms with Crippen LogP contribution in [-0.2, 0) is 0 Å². The van der Waals surface area contributed by atoms with Crippen LogP contribution in [0.25, 0.3) is 0 Å². The molecule has 1 fully saturated rings. The van der Waals surface area contributed by atoms with Crippen molar-refractivity contribution in [2.75, 3.05) is 18.1 Å². The molecule has 0 bridgehead atoms. The maximum atomic E-state index is 14.3. The highest BCUT2D eigenvalue weighted by Gasteiger charge is 2.25. The molecule has 0 aliphatic carbocycles. The predicted molar refractivity (Wildman–Crippen MR) is 75.7 cm³/mol. The number of hydrogen-bond acceptors (Lipinski definition) is 3. The Balaban J connectivity index is 2.42. The minimum atomic E-state index is -0.241. The van der Waals surface area contributed by atoms with Gasteiger partial charge in [0.05, 0.1) is 18.3 Å². The van der Waals surface area contributed by atoms with Gasteiger partial charge in [0, 0.05) is 12.6 Å². The number of anilines is 1. The molecule has 1 aliphatic rings. The van der Waals surface area contributed by atoms with E-state index >= 15 is 0 Å². The van der Waals surface area contributed by atoms with Gasteiger partial charge in [-0.25, -0.2) is 4.39 Å². The highest BCUT2D eigenvalue weighted by atomic mass is 19.1. The van der Waals surface area contributed by atoms with Crippen LogP contribution in [0.15, 0.2) is 18.2 Å². The van der Waals surface area contributed by atoms with Crippen molar-refractivity contribution in [2.24, 2.45) is 5.73 Å². The van der Waals surface area contributed by atoms with Gasteiger partial charge in [0.1, 0.15) is 5.82 Å². The lowest BCUT2D eigenvalue weighted by molar-refractivity contribution is 0.254. The van der Waals surface area contributed by atoms with E-state index in [2.05, 4.69) is 0 Å². The standard InChI is InChI=1S/C15H23FN2O/c1-11(17)13-7-5-8-14(16)15(13)18-9-4-2-3-6-12(18)10-19/h5,7-8,11-12,19H,2-4,6,9-10,17H2,1H3/t11-,12?/m1/s1. The summed E-state index contributed by atoms with van der Waals surface area (Å²) in [5, 5.41) is 9.57. The average Bonchev–Trinajstić information content (AvgIpc) is 2.63. The molecule has 1 aliphatic heterocycles. The molecule has 2 rings (SSSR count). The number of rotatable bonds is 3. The minimum Gasteiger partial charge on any atom is -0.394 e. The highest BCUT2D eigenvalue weighted by molar-refractivity contribution is 5.57. The van der Waals surface area contributed by atoms with Crippen molar-refractivity contribution >= 4 is 5.69 Å². The average molecular weight is 266 g/mol. The van der Waals surface area contributed by atoms with Gasteiger partial charge in [-0.2, -0.15) is 0 Å². The fraction of sp³-hybridized carbons (Fsp3) is 0.600. The zero-order valence-corrected chi connectivity index (χ0v) is 11.5. The summed E-state index contributed by atoms with van der Waals surface area (Å²) in [6.07, 6.45) is 4.16. The molecule has 1 aromatic carbocycles. The number of nitrogens with two attached hydrogens (primary N) is 1. The normalized spacial score (nSPS) is 22.1. The number of nitrogens with zero attached hydrogens (tertiary/aromatic N) is 1. The third kappa shape index (κ3) is 3.07. The fourth-order valence-electron chi connectivity index (χ4n) is 2.86. The molecule has 1 saturated heterocycles. The van der Waals surface area contributed by atoms with E-state index in [0.29, 0.717) is 5.69 Å². The zero-order valence-electron chi connectivity index (χ0n) is 11.5. The van der Waals surface area contributed by atoms with E-state index < -0.39 is 0 Å². The van der Waals surface area contributed by atoms with Gasteiger partial charge < -0.3 is 15.7 Å². The summed E-state index contributed by atoms with van der Waals surface area (Å²) in [4.78, 5) is 2.01. The molecule has 0 saturated carbocycles. The van der Waals surface area contributed by atoms with Crippen molar-refractivity contribution in [1.29, 1.82) is 0 Å². The summed E-state index contributed by atoms with van der Waals surface area (Å²) in [6, 6.07) is 4.83. The summed E-state index contributed by atoms with van der Waals surface area (Å²) in [6.45, 7) is 2.71. The van der Waals surface area contributed by atoms with Gasteiger partial charge in [0.2, 0.25) is 0 Å². The SMILES string of the molecule is C[C@@H](N)c1cccc(F)c1N1CCCCCC1CO. The molecule has 19 heavy (non-hydrogen) atoms. The second kappa shape index (κ2) is 6.35. The number of hydrogen-bond donors (Lipinski definition) is 2. The highest BCUT2D eigenvalue weighted by Crippen LogP contribution is 2.32. The first-order valence-corrected chi connectivity index (χ1v) is 7.06.